The number of carbonyl (C=O) groups excluding carboxylic acids is 1. The Morgan fingerprint density at radius 3 is 2.48 bits per heavy atom. The van der Waals surface area contributed by atoms with Crippen LogP contribution in [0.4, 0.5) is 17.6 Å². The SMILES string of the molecule is CC(NC(=O)C1CCCN(S(=O)(=O)c2ccc(F)cc2)C1)c1cccc(C(F)(F)F)c1. The molecule has 1 N–H and O–H groups in total. The zero-order valence-electron chi connectivity index (χ0n) is 16.7. The third kappa shape index (κ3) is 5.43. The molecule has 2 aromatic carbocycles. The van der Waals surface area contributed by atoms with Crippen molar-refractivity contribution >= 4 is 15.9 Å². The maximum absolute atomic E-state index is 13.1. The summed E-state index contributed by atoms with van der Waals surface area (Å²) in [5.74, 6) is -1.63. The minimum Gasteiger partial charge on any atom is -0.349 e. The van der Waals surface area contributed by atoms with Gasteiger partial charge in [0.1, 0.15) is 5.82 Å². The fourth-order valence-corrected chi connectivity index (χ4v) is 5.05. The van der Waals surface area contributed by atoms with Gasteiger partial charge >= 0.3 is 6.18 Å². The van der Waals surface area contributed by atoms with E-state index >= 15 is 0 Å². The second-order valence-corrected chi connectivity index (χ2v) is 9.45. The second kappa shape index (κ2) is 8.96. The summed E-state index contributed by atoms with van der Waals surface area (Å²) in [7, 11) is -3.89. The molecule has 2 aromatic rings. The largest absolute Gasteiger partial charge is 0.416 e. The van der Waals surface area contributed by atoms with Gasteiger partial charge in [-0.25, -0.2) is 12.8 Å². The van der Waals surface area contributed by atoms with E-state index < -0.39 is 45.4 Å². The average molecular weight is 458 g/mol. The number of rotatable bonds is 5. The normalized spacial score (nSPS) is 19.1. The molecule has 3 rings (SSSR count). The van der Waals surface area contributed by atoms with Gasteiger partial charge in [-0.3, -0.25) is 4.79 Å². The molecule has 0 saturated carbocycles. The molecule has 1 heterocycles. The zero-order chi connectivity index (χ0) is 22.8. The number of nitrogens with zero attached hydrogens (tertiary/aromatic N) is 1. The third-order valence-corrected chi connectivity index (χ3v) is 7.16. The topological polar surface area (TPSA) is 66.5 Å². The van der Waals surface area contributed by atoms with Crippen LogP contribution < -0.4 is 5.32 Å². The Balaban J connectivity index is 1.69. The van der Waals surface area contributed by atoms with Gasteiger partial charge in [-0.2, -0.15) is 17.5 Å². The molecule has 0 aromatic heterocycles. The first-order valence-electron chi connectivity index (χ1n) is 9.72. The first-order valence-corrected chi connectivity index (χ1v) is 11.2. The number of carbonyl (C=O) groups is 1. The van der Waals surface area contributed by atoms with Crippen molar-refractivity contribution in [2.24, 2.45) is 5.92 Å². The summed E-state index contributed by atoms with van der Waals surface area (Å²) in [6.07, 6.45) is -3.58. The number of hydrogen-bond acceptors (Lipinski definition) is 3. The van der Waals surface area contributed by atoms with Crippen molar-refractivity contribution in [2.45, 2.75) is 36.9 Å². The van der Waals surface area contributed by atoms with Crippen molar-refractivity contribution in [3.8, 4) is 0 Å². The average Bonchev–Trinajstić information content (AvgIpc) is 2.73. The number of sulfonamides is 1. The predicted molar refractivity (Wildman–Crippen MR) is 106 cm³/mol. The van der Waals surface area contributed by atoms with E-state index in [4.69, 9.17) is 0 Å². The van der Waals surface area contributed by atoms with Gasteiger partial charge in [0.05, 0.1) is 22.4 Å². The van der Waals surface area contributed by atoms with Crippen LogP contribution >= 0.6 is 0 Å². The Labute approximate surface area is 178 Å². The second-order valence-electron chi connectivity index (χ2n) is 7.51. The maximum Gasteiger partial charge on any atom is 0.416 e. The Hall–Kier alpha value is -2.46. The number of nitrogens with one attached hydrogen (secondary N) is 1. The Morgan fingerprint density at radius 2 is 1.84 bits per heavy atom. The van der Waals surface area contributed by atoms with Crippen LogP contribution in [0, 0.1) is 11.7 Å². The van der Waals surface area contributed by atoms with E-state index in [1.54, 1.807) is 6.92 Å². The maximum atomic E-state index is 13.1. The van der Waals surface area contributed by atoms with Crippen LogP contribution in [0.2, 0.25) is 0 Å². The zero-order valence-corrected chi connectivity index (χ0v) is 17.5. The number of halogens is 4. The van der Waals surface area contributed by atoms with E-state index in [0.29, 0.717) is 18.4 Å². The van der Waals surface area contributed by atoms with Crippen LogP contribution in [0.3, 0.4) is 0 Å². The Bertz CT molecular complexity index is 1040. The summed E-state index contributed by atoms with van der Waals surface area (Å²) in [4.78, 5) is 12.7. The molecule has 0 bridgehead atoms. The number of piperidine rings is 1. The van der Waals surface area contributed by atoms with Crippen molar-refractivity contribution in [1.82, 2.24) is 9.62 Å². The number of benzene rings is 2. The molecule has 2 atom stereocenters. The molecule has 1 aliphatic rings. The van der Waals surface area contributed by atoms with Crippen molar-refractivity contribution in [3.63, 3.8) is 0 Å². The Kier molecular flexibility index (Phi) is 6.70. The van der Waals surface area contributed by atoms with Crippen LogP contribution in [-0.4, -0.2) is 31.7 Å². The highest BCUT2D eigenvalue weighted by molar-refractivity contribution is 7.89. The van der Waals surface area contributed by atoms with Gasteiger partial charge in [-0.15, -0.1) is 0 Å². The molecular formula is C21H22F4N2O3S. The highest BCUT2D eigenvalue weighted by Gasteiger charge is 2.34. The number of hydrogen-bond donors (Lipinski definition) is 1. The number of alkyl halides is 3. The van der Waals surface area contributed by atoms with Gasteiger partial charge in [0.15, 0.2) is 0 Å². The Morgan fingerprint density at radius 1 is 1.16 bits per heavy atom. The predicted octanol–water partition coefficient (Wildman–Crippen LogP) is 4.12. The highest BCUT2D eigenvalue weighted by Crippen LogP contribution is 2.31. The summed E-state index contributed by atoms with van der Waals surface area (Å²) in [6, 6.07) is 8.47. The molecule has 1 fully saturated rings. The molecule has 31 heavy (non-hydrogen) atoms. The molecule has 10 heteroatoms. The lowest BCUT2D eigenvalue weighted by Crippen LogP contribution is -2.45. The van der Waals surface area contributed by atoms with Crippen LogP contribution in [0.5, 0.6) is 0 Å². The quantitative estimate of drug-likeness (QED) is 0.686. The summed E-state index contributed by atoms with van der Waals surface area (Å²) in [5.41, 5.74) is -0.505. The minimum atomic E-state index is -4.49. The molecule has 5 nitrogen and oxygen atoms in total. The van der Waals surface area contributed by atoms with E-state index in [0.717, 1.165) is 24.3 Å². The van der Waals surface area contributed by atoms with Crippen LogP contribution in [0.15, 0.2) is 53.4 Å². The molecule has 0 aliphatic carbocycles. The van der Waals surface area contributed by atoms with Crippen molar-refractivity contribution in [1.29, 1.82) is 0 Å². The lowest BCUT2D eigenvalue weighted by molar-refractivity contribution is -0.137. The van der Waals surface area contributed by atoms with Gasteiger partial charge in [0.2, 0.25) is 15.9 Å². The van der Waals surface area contributed by atoms with Gasteiger partial charge in [0, 0.05) is 13.1 Å². The molecule has 168 valence electrons. The van der Waals surface area contributed by atoms with Crippen LogP contribution in [-0.2, 0) is 21.0 Å². The lowest BCUT2D eigenvalue weighted by atomic mass is 9.97. The van der Waals surface area contributed by atoms with Gasteiger partial charge < -0.3 is 5.32 Å². The summed E-state index contributed by atoms with van der Waals surface area (Å²) >= 11 is 0. The van der Waals surface area contributed by atoms with Crippen molar-refractivity contribution < 1.29 is 30.8 Å². The highest BCUT2D eigenvalue weighted by atomic mass is 32.2. The van der Waals surface area contributed by atoms with E-state index in [9.17, 15) is 30.8 Å². The third-order valence-electron chi connectivity index (χ3n) is 5.28. The van der Waals surface area contributed by atoms with E-state index in [-0.39, 0.29) is 18.0 Å². The first-order chi connectivity index (χ1) is 14.5. The smallest absolute Gasteiger partial charge is 0.349 e. The summed E-state index contributed by atoms with van der Waals surface area (Å²) in [6.45, 7) is 1.75. The van der Waals surface area contributed by atoms with Crippen LogP contribution in [0.1, 0.15) is 36.9 Å². The lowest BCUT2D eigenvalue weighted by Gasteiger charge is -2.32. The first kappa shape index (κ1) is 23.2. The molecule has 2 unspecified atom stereocenters. The number of amides is 1. The standard InChI is InChI=1S/C21H22F4N2O3S/c1-14(15-4-2-6-17(12-15)21(23,24)25)26-20(28)16-5-3-11-27(13-16)31(29,30)19-9-7-18(22)8-10-19/h2,4,6-10,12,14,16H,3,5,11,13H2,1H3,(H,26,28). The van der Waals surface area contributed by atoms with E-state index in [1.807, 2.05) is 0 Å². The van der Waals surface area contributed by atoms with E-state index in [1.165, 1.54) is 28.6 Å². The van der Waals surface area contributed by atoms with Crippen molar-refractivity contribution in [3.05, 3.63) is 65.5 Å². The molecule has 1 aliphatic heterocycles. The molecule has 0 radical (unpaired) electrons. The molecule has 1 amide bonds. The molecule has 1 saturated heterocycles. The van der Waals surface area contributed by atoms with Gasteiger partial charge in [0.25, 0.3) is 0 Å². The fourth-order valence-electron chi connectivity index (χ4n) is 3.53. The summed E-state index contributed by atoms with van der Waals surface area (Å²) < 4.78 is 78.7. The van der Waals surface area contributed by atoms with Crippen LogP contribution in [0.25, 0.3) is 0 Å². The van der Waals surface area contributed by atoms with Crippen molar-refractivity contribution in [2.75, 3.05) is 13.1 Å². The molecule has 0 spiro atoms. The molecular weight excluding hydrogens is 436 g/mol. The van der Waals surface area contributed by atoms with Gasteiger partial charge in [-0.1, -0.05) is 12.1 Å². The summed E-state index contributed by atoms with van der Waals surface area (Å²) in [5, 5.41) is 2.69. The minimum absolute atomic E-state index is 0.0547. The fraction of sp³-hybridized carbons (Fsp3) is 0.381. The monoisotopic (exact) mass is 458 g/mol. The van der Waals surface area contributed by atoms with Gasteiger partial charge in [-0.05, 0) is 61.7 Å². The van der Waals surface area contributed by atoms with E-state index in [2.05, 4.69) is 5.32 Å².